The van der Waals surface area contributed by atoms with Crippen LogP contribution < -0.4 is 10.6 Å². The van der Waals surface area contributed by atoms with Gasteiger partial charge in [-0.2, -0.15) is 5.10 Å². The minimum Gasteiger partial charge on any atom is -0.480 e. The Morgan fingerprint density at radius 2 is 2.35 bits per heavy atom. The van der Waals surface area contributed by atoms with Gasteiger partial charge >= 0.3 is 12.0 Å². The Morgan fingerprint density at radius 3 is 2.88 bits per heavy atom. The van der Waals surface area contributed by atoms with Gasteiger partial charge in [-0.3, -0.25) is 5.10 Å². The van der Waals surface area contributed by atoms with Gasteiger partial charge in [-0.05, 0) is 6.42 Å². The van der Waals surface area contributed by atoms with E-state index >= 15 is 0 Å². The lowest BCUT2D eigenvalue weighted by molar-refractivity contribution is -0.139. The summed E-state index contributed by atoms with van der Waals surface area (Å²) in [6.07, 6.45) is 4.34. The number of carbonyl (C=O) groups excluding carboxylic acids is 1. The molecule has 1 aromatic heterocycles. The fourth-order valence-electron chi connectivity index (χ4n) is 1.31. The first-order valence-electron chi connectivity index (χ1n) is 5.38. The van der Waals surface area contributed by atoms with Crippen molar-refractivity contribution in [1.82, 2.24) is 20.8 Å². The van der Waals surface area contributed by atoms with Crippen LogP contribution in [-0.4, -0.2) is 33.3 Å². The van der Waals surface area contributed by atoms with E-state index in [0.717, 1.165) is 5.56 Å². The molecule has 0 saturated carbocycles. The quantitative estimate of drug-likeness (QED) is 0.579. The van der Waals surface area contributed by atoms with E-state index < -0.39 is 18.0 Å². The van der Waals surface area contributed by atoms with Crippen LogP contribution in [0.15, 0.2) is 12.4 Å². The van der Waals surface area contributed by atoms with Crippen LogP contribution in [0.3, 0.4) is 0 Å². The Balaban J connectivity index is 2.34. The molecule has 1 heterocycles. The summed E-state index contributed by atoms with van der Waals surface area (Å²) < 4.78 is 0. The van der Waals surface area contributed by atoms with Gasteiger partial charge in [-0.25, -0.2) is 9.59 Å². The van der Waals surface area contributed by atoms with Gasteiger partial charge in [0, 0.05) is 18.3 Å². The second kappa shape index (κ2) is 6.51. The summed E-state index contributed by atoms with van der Waals surface area (Å²) in [4.78, 5) is 22.2. The molecule has 2 amide bonds. The van der Waals surface area contributed by atoms with Crippen LogP contribution in [0.25, 0.3) is 0 Å². The molecule has 0 unspecified atom stereocenters. The van der Waals surface area contributed by atoms with Gasteiger partial charge in [0.2, 0.25) is 0 Å². The van der Waals surface area contributed by atoms with Gasteiger partial charge in [-0.1, -0.05) is 13.3 Å². The first-order valence-corrected chi connectivity index (χ1v) is 5.38. The molecule has 1 atom stereocenters. The van der Waals surface area contributed by atoms with Crippen molar-refractivity contribution in [3.8, 4) is 0 Å². The number of H-pyrrole nitrogens is 1. The van der Waals surface area contributed by atoms with Crippen molar-refractivity contribution in [2.75, 3.05) is 0 Å². The van der Waals surface area contributed by atoms with Crippen molar-refractivity contribution in [2.24, 2.45) is 0 Å². The Morgan fingerprint density at radius 1 is 1.59 bits per heavy atom. The molecule has 0 aliphatic carbocycles. The summed E-state index contributed by atoms with van der Waals surface area (Å²) in [6, 6.07) is -1.34. The molecular formula is C10H16N4O3. The molecule has 0 aliphatic rings. The number of carbonyl (C=O) groups is 2. The normalized spacial score (nSPS) is 11.8. The first kappa shape index (κ1) is 13.0. The molecule has 1 aromatic rings. The first-order chi connectivity index (χ1) is 8.13. The summed E-state index contributed by atoms with van der Waals surface area (Å²) in [5.74, 6) is -1.02. The second-order valence-corrected chi connectivity index (χ2v) is 3.61. The van der Waals surface area contributed by atoms with Gasteiger partial charge < -0.3 is 15.7 Å². The molecule has 0 aromatic carbocycles. The lowest BCUT2D eigenvalue weighted by Crippen LogP contribution is -2.45. The maximum Gasteiger partial charge on any atom is 0.326 e. The predicted octanol–water partition coefficient (Wildman–Crippen LogP) is 0.462. The number of hydrogen-bond acceptors (Lipinski definition) is 3. The van der Waals surface area contributed by atoms with Crippen LogP contribution in [0.1, 0.15) is 25.3 Å². The maximum atomic E-state index is 11.4. The van der Waals surface area contributed by atoms with Crippen molar-refractivity contribution in [2.45, 2.75) is 32.4 Å². The van der Waals surface area contributed by atoms with Crippen molar-refractivity contribution >= 4 is 12.0 Å². The van der Waals surface area contributed by atoms with Crippen LogP contribution in [0, 0.1) is 0 Å². The highest BCUT2D eigenvalue weighted by Gasteiger charge is 2.18. The Kier molecular flexibility index (Phi) is 4.99. The zero-order chi connectivity index (χ0) is 12.7. The Hall–Kier alpha value is -2.05. The number of nitrogens with zero attached hydrogens (tertiary/aromatic N) is 1. The zero-order valence-electron chi connectivity index (χ0n) is 9.56. The largest absolute Gasteiger partial charge is 0.480 e. The number of amides is 2. The van der Waals surface area contributed by atoms with Crippen LogP contribution >= 0.6 is 0 Å². The number of carboxylic acid groups (broad SMARTS) is 1. The smallest absolute Gasteiger partial charge is 0.326 e. The zero-order valence-corrected chi connectivity index (χ0v) is 9.56. The van der Waals surface area contributed by atoms with Crippen LogP contribution in [-0.2, 0) is 11.3 Å². The molecule has 0 aliphatic heterocycles. The van der Waals surface area contributed by atoms with Crippen LogP contribution in [0.2, 0.25) is 0 Å². The van der Waals surface area contributed by atoms with Crippen molar-refractivity contribution in [3.63, 3.8) is 0 Å². The van der Waals surface area contributed by atoms with E-state index in [1.165, 1.54) is 0 Å². The summed E-state index contributed by atoms with van der Waals surface area (Å²) >= 11 is 0. The molecule has 1 rings (SSSR count). The van der Waals surface area contributed by atoms with Crippen molar-refractivity contribution in [3.05, 3.63) is 18.0 Å². The third-order valence-corrected chi connectivity index (χ3v) is 2.19. The van der Waals surface area contributed by atoms with E-state index in [-0.39, 0.29) is 0 Å². The van der Waals surface area contributed by atoms with E-state index in [2.05, 4.69) is 20.8 Å². The molecule has 17 heavy (non-hydrogen) atoms. The number of urea groups is 1. The molecule has 0 spiro atoms. The second-order valence-electron chi connectivity index (χ2n) is 3.61. The molecule has 0 radical (unpaired) electrons. The molecule has 0 fully saturated rings. The van der Waals surface area contributed by atoms with Crippen LogP contribution in [0.4, 0.5) is 4.79 Å². The number of rotatable bonds is 6. The highest BCUT2D eigenvalue weighted by Crippen LogP contribution is 1.97. The monoisotopic (exact) mass is 240 g/mol. The fraction of sp³-hybridized carbons (Fsp3) is 0.500. The minimum absolute atomic E-state index is 0.306. The summed E-state index contributed by atoms with van der Waals surface area (Å²) in [5, 5.41) is 20.1. The predicted molar refractivity (Wildman–Crippen MR) is 60.3 cm³/mol. The van der Waals surface area contributed by atoms with Gasteiger partial charge in [0.05, 0.1) is 6.20 Å². The fourth-order valence-corrected chi connectivity index (χ4v) is 1.31. The third kappa shape index (κ3) is 4.54. The topological polar surface area (TPSA) is 107 Å². The van der Waals surface area contributed by atoms with Crippen LogP contribution in [0.5, 0.6) is 0 Å². The number of nitrogens with one attached hydrogen (secondary N) is 3. The number of aliphatic carboxylic acids is 1. The third-order valence-electron chi connectivity index (χ3n) is 2.19. The van der Waals surface area contributed by atoms with E-state index in [9.17, 15) is 9.59 Å². The lowest BCUT2D eigenvalue weighted by Gasteiger charge is -2.13. The van der Waals surface area contributed by atoms with Crippen molar-refractivity contribution in [1.29, 1.82) is 0 Å². The standard InChI is InChI=1S/C10H16N4O3/c1-2-3-8(9(15)16)14-10(17)11-4-7-5-12-13-6-7/h5-6,8H,2-4H2,1H3,(H,12,13)(H,15,16)(H2,11,14,17)/t8-/m0/s1. The van der Waals surface area contributed by atoms with Crippen molar-refractivity contribution < 1.29 is 14.7 Å². The van der Waals surface area contributed by atoms with E-state index in [4.69, 9.17) is 5.11 Å². The summed E-state index contributed by atoms with van der Waals surface area (Å²) in [6.45, 7) is 2.17. The molecular weight excluding hydrogens is 224 g/mol. The van der Waals surface area contributed by atoms with E-state index in [0.29, 0.717) is 19.4 Å². The number of carboxylic acids is 1. The van der Waals surface area contributed by atoms with E-state index in [1.807, 2.05) is 6.92 Å². The van der Waals surface area contributed by atoms with E-state index in [1.54, 1.807) is 12.4 Å². The molecule has 4 N–H and O–H groups in total. The van der Waals surface area contributed by atoms with Gasteiger partial charge in [-0.15, -0.1) is 0 Å². The molecule has 0 saturated heterocycles. The highest BCUT2D eigenvalue weighted by atomic mass is 16.4. The molecule has 94 valence electrons. The SMILES string of the molecule is CCC[C@H](NC(=O)NCc1cn[nH]c1)C(=O)O. The molecule has 0 bridgehead atoms. The molecule has 7 heteroatoms. The number of aromatic amines is 1. The summed E-state index contributed by atoms with van der Waals surface area (Å²) in [7, 11) is 0. The summed E-state index contributed by atoms with van der Waals surface area (Å²) in [5.41, 5.74) is 0.822. The number of aromatic nitrogens is 2. The highest BCUT2D eigenvalue weighted by molar-refractivity contribution is 5.82. The Labute approximate surface area is 98.6 Å². The maximum absolute atomic E-state index is 11.4. The lowest BCUT2D eigenvalue weighted by atomic mass is 10.2. The van der Waals surface area contributed by atoms with Gasteiger partial charge in [0.15, 0.2) is 0 Å². The Bertz CT molecular complexity index is 364. The molecule has 7 nitrogen and oxygen atoms in total. The number of hydrogen-bond donors (Lipinski definition) is 4. The average Bonchev–Trinajstić information content (AvgIpc) is 2.78. The van der Waals surface area contributed by atoms with Gasteiger partial charge in [0.25, 0.3) is 0 Å². The average molecular weight is 240 g/mol. The van der Waals surface area contributed by atoms with Gasteiger partial charge in [0.1, 0.15) is 6.04 Å². The minimum atomic E-state index is -1.02.